The van der Waals surface area contributed by atoms with Crippen LogP contribution in [0.25, 0.3) is 0 Å². The summed E-state index contributed by atoms with van der Waals surface area (Å²) in [6.45, 7) is 1.96. The van der Waals surface area contributed by atoms with Crippen LogP contribution in [-0.2, 0) is 11.2 Å². The second-order valence-corrected chi connectivity index (χ2v) is 5.38. The Morgan fingerprint density at radius 1 is 1.41 bits per heavy atom. The van der Waals surface area contributed by atoms with Gasteiger partial charge in [0, 0.05) is 31.3 Å². The van der Waals surface area contributed by atoms with Gasteiger partial charge in [-0.1, -0.05) is 18.7 Å². The van der Waals surface area contributed by atoms with Crippen molar-refractivity contribution in [1.29, 1.82) is 0 Å². The Kier molecular flexibility index (Phi) is 5.10. The zero-order valence-electron chi connectivity index (χ0n) is 12.1. The number of hydrogen-bond acceptors (Lipinski definition) is 6. The standard InChI is InChI=1S/C13H15N5O3S/c1-3-11-14-13(16-15-11)22-8-12(19)17(2)9-4-6-10(7-5-9)18(20)21/h4-7H,3,8H2,1-2H3,(H,14,15,16). The van der Waals surface area contributed by atoms with Crippen molar-refractivity contribution >= 4 is 29.0 Å². The molecule has 8 nitrogen and oxygen atoms in total. The molecular weight excluding hydrogens is 306 g/mol. The fraction of sp³-hybridized carbons (Fsp3) is 0.308. The number of rotatable bonds is 6. The number of nitro benzene ring substituents is 1. The van der Waals surface area contributed by atoms with Crippen LogP contribution in [0.3, 0.4) is 0 Å². The van der Waals surface area contributed by atoms with Gasteiger partial charge in [0.15, 0.2) is 0 Å². The molecule has 0 saturated carbocycles. The molecule has 2 aromatic rings. The van der Waals surface area contributed by atoms with Gasteiger partial charge < -0.3 is 4.90 Å². The van der Waals surface area contributed by atoms with E-state index in [0.717, 1.165) is 12.2 Å². The van der Waals surface area contributed by atoms with Crippen LogP contribution in [0, 0.1) is 10.1 Å². The lowest BCUT2D eigenvalue weighted by Crippen LogP contribution is -2.27. The van der Waals surface area contributed by atoms with Crippen LogP contribution in [-0.4, -0.2) is 38.8 Å². The second-order valence-electron chi connectivity index (χ2n) is 4.43. The molecule has 0 saturated heterocycles. The van der Waals surface area contributed by atoms with Crippen LogP contribution < -0.4 is 4.90 Å². The van der Waals surface area contributed by atoms with Crippen molar-refractivity contribution in [2.45, 2.75) is 18.5 Å². The molecule has 2 rings (SSSR count). The number of amides is 1. The van der Waals surface area contributed by atoms with Gasteiger partial charge in [-0.3, -0.25) is 20.0 Å². The summed E-state index contributed by atoms with van der Waals surface area (Å²) in [5.41, 5.74) is 0.590. The highest BCUT2D eigenvalue weighted by atomic mass is 32.2. The molecule has 0 aliphatic rings. The highest BCUT2D eigenvalue weighted by molar-refractivity contribution is 7.99. The zero-order chi connectivity index (χ0) is 16.1. The van der Waals surface area contributed by atoms with Crippen LogP contribution in [0.4, 0.5) is 11.4 Å². The van der Waals surface area contributed by atoms with E-state index in [1.165, 1.54) is 28.8 Å². The predicted octanol–water partition coefficient (Wildman–Crippen LogP) is 2.03. The predicted molar refractivity (Wildman–Crippen MR) is 83.0 cm³/mol. The topological polar surface area (TPSA) is 105 Å². The lowest BCUT2D eigenvalue weighted by molar-refractivity contribution is -0.384. The van der Waals surface area contributed by atoms with Crippen LogP contribution in [0.2, 0.25) is 0 Å². The number of carbonyl (C=O) groups is 1. The Bertz CT molecular complexity index is 671. The number of nitro groups is 1. The van der Waals surface area contributed by atoms with E-state index in [4.69, 9.17) is 0 Å². The van der Waals surface area contributed by atoms with Gasteiger partial charge in [0.25, 0.3) is 5.69 Å². The molecule has 116 valence electrons. The number of aromatic amines is 1. The molecule has 9 heteroatoms. The molecule has 1 heterocycles. The normalized spacial score (nSPS) is 10.5. The van der Waals surface area contributed by atoms with Gasteiger partial charge in [0.05, 0.1) is 10.7 Å². The van der Waals surface area contributed by atoms with E-state index in [0.29, 0.717) is 10.8 Å². The summed E-state index contributed by atoms with van der Waals surface area (Å²) in [7, 11) is 1.62. The monoisotopic (exact) mass is 321 g/mol. The summed E-state index contributed by atoms with van der Waals surface area (Å²) in [6, 6.07) is 5.83. The van der Waals surface area contributed by atoms with Crippen molar-refractivity contribution in [3.63, 3.8) is 0 Å². The number of H-pyrrole nitrogens is 1. The van der Waals surface area contributed by atoms with Crippen LogP contribution in [0.1, 0.15) is 12.7 Å². The van der Waals surface area contributed by atoms with E-state index in [2.05, 4.69) is 15.2 Å². The van der Waals surface area contributed by atoms with E-state index < -0.39 is 4.92 Å². The number of aryl methyl sites for hydroxylation is 1. The summed E-state index contributed by atoms with van der Waals surface area (Å²) < 4.78 is 0. The highest BCUT2D eigenvalue weighted by Gasteiger charge is 2.14. The minimum absolute atomic E-state index is 0.00760. The highest BCUT2D eigenvalue weighted by Crippen LogP contribution is 2.20. The molecule has 1 N–H and O–H groups in total. The molecule has 0 aliphatic carbocycles. The molecule has 0 radical (unpaired) electrons. The summed E-state index contributed by atoms with van der Waals surface area (Å²) in [5.74, 6) is 0.828. The first-order valence-electron chi connectivity index (χ1n) is 6.56. The number of anilines is 1. The van der Waals surface area contributed by atoms with E-state index in [1.807, 2.05) is 6.92 Å². The van der Waals surface area contributed by atoms with Crippen LogP contribution in [0.5, 0.6) is 0 Å². The first-order chi connectivity index (χ1) is 10.5. The number of nitrogens with one attached hydrogen (secondary N) is 1. The Morgan fingerprint density at radius 3 is 2.64 bits per heavy atom. The SMILES string of the molecule is CCc1nc(SCC(=O)N(C)c2ccc([N+](=O)[O-])cc2)n[nH]1. The Morgan fingerprint density at radius 2 is 2.09 bits per heavy atom. The maximum atomic E-state index is 12.1. The van der Waals surface area contributed by atoms with Gasteiger partial charge in [-0.15, -0.1) is 5.10 Å². The number of hydrogen-bond donors (Lipinski definition) is 1. The van der Waals surface area contributed by atoms with Gasteiger partial charge in [-0.25, -0.2) is 4.98 Å². The van der Waals surface area contributed by atoms with Crippen molar-refractivity contribution < 1.29 is 9.72 Å². The number of nitrogens with zero attached hydrogens (tertiary/aromatic N) is 4. The van der Waals surface area contributed by atoms with E-state index >= 15 is 0 Å². The number of carbonyl (C=O) groups excluding carboxylic acids is 1. The zero-order valence-corrected chi connectivity index (χ0v) is 13.0. The number of non-ortho nitro benzene ring substituents is 1. The van der Waals surface area contributed by atoms with Crippen LogP contribution >= 0.6 is 11.8 Å². The smallest absolute Gasteiger partial charge is 0.269 e. The summed E-state index contributed by atoms with van der Waals surface area (Å²) in [6.07, 6.45) is 0.754. The van der Waals surface area contributed by atoms with Crippen molar-refractivity contribution in [3.8, 4) is 0 Å². The second kappa shape index (κ2) is 7.03. The third-order valence-corrected chi connectivity index (χ3v) is 3.82. The molecule has 0 aliphatic heterocycles. The van der Waals surface area contributed by atoms with Crippen LogP contribution in [0.15, 0.2) is 29.4 Å². The molecule has 0 fully saturated rings. The summed E-state index contributed by atoms with van der Waals surface area (Å²) >= 11 is 1.24. The van der Waals surface area contributed by atoms with Crippen molar-refractivity contribution in [1.82, 2.24) is 15.2 Å². The van der Waals surface area contributed by atoms with Gasteiger partial charge in [-0.05, 0) is 12.1 Å². The van der Waals surface area contributed by atoms with E-state index in [-0.39, 0.29) is 17.3 Å². The quantitative estimate of drug-likeness (QED) is 0.496. The fourth-order valence-corrected chi connectivity index (χ4v) is 2.40. The van der Waals surface area contributed by atoms with Crippen molar-refractivity contribution in [2.24, 2.45) is 0 Å². The largest absolute Gasteiger partial charge is 0.315 e. The van der Waals surface area contributed by atoms with E-state index in [1.54, 1.807) is 19.2 Å². The molecule has 0 unspecified atom stereocenters. The maximum Gasteiger partial charge on any atom is 0.269 e. The number of benzene rings is 1. The average Bonchev–Trinajstić information content (AvgIpc) is 3.00. The molecule has 1 aromatic carbocycles. The van der Waals surface area contributed by atoms with E-state index in [9.17, 15) is 14.9 Å². The number of aromatic nitrogens is 3. The third-order valence-electron chi connectivity index (χ3n) is 2.99. The van der Waals surface area contributed by atoms with Crippen molar-refractivity contribution in [2.75, 3.05) is 17.7 Å². The number of thioether (sulfide) groups is 1. The molecular formula is C13H15N5O3S. The lowest BCUT2D eigenvalue weighted by Gasteiger charge is -2.16. The summed E-state index contributed by atoms with van der Waals surface area (Å²) in [4.78, 5) is 27.9. The Labute approximate surface area is 131 Å². The first kappa shape index (κ1) is 16.0. The fourth-order valence-electron chi connectivity index (χ4n) is 1.67. The van der Waals surface area contributed by atoms with Crippen molar-refractivity contribution in [3.05, 3.63) is 40.2 Å². The molecule has 1 amide bonds. The Balaban J connectivity index is 1.95. The average molecular weight is 321 g/mol. The van der Waals surface area contributed by atoms with Gasteiger partial charge in [0.1, 0.15) is 5.82 Å². The molecule has 0 bridgehead atoms. The minimum atomic E-state index is -0.476. The molecule has 0 atom stereocenters. The van der Waals surface area contributed by atoms with Gasteiger partial charge >= 0.3 is 0 Å². The summed E-state index contributed by atoms with van der Waals surface area (Å²) in [5, 5.41) is 17.9. The maximum absolute atomic E-state index is 12.1. The molecule has 1 aromatic heterocycles. The molecule has 22 heavy (non-hydrogen) atoms. The Hall–Kier alpha value is -2.42. The first-order valence-corrected chi connectivity index (χ1v) is 7.55. The minimum Gasteiger partial charge on any atom is -0.315 e. The van der Waals surface area contributed by atoms with Gasteiger partial charge in [0.2, 0.25) is 11.1 Å². The van der Waals surface area contributed by atoms with Gasteiger partial charge in [-0.2, -0.15) is 0 Å². The third kappa shape index (κ3) is 3.82. The molecule has 0 spiro atoms. The lowest BCUT2D eigenvalue weighted by atomic mass is 10.2.